The van der Waals surface area contributed by atoms with Crippen LogP contribution in [0.15, 0.2) is 10.4 Å². The number of hydrogen-bond donors (Lipinski definition) is 2. The molecule has 0 bridgehead atoms. The average molecular weight is 366 g/mol. The number of nitrogens with one attached hydrogen (secondary N) is 1. The minimum Gasteiger partial charge on any atom is -0.370 e. The van der Waals surface area contributed by atoms with E-state index in [1.807, 2.05) is 12.3 Å². The lowest BCUT2D eigenvalue weighted by molar-refractivity contribution is -0.187. The fourth-order valence-electron chi connectivity index (χ4n) is 2.95. The molecule has 1 spiro atoms. The van der Waals surface area contributed by atoms with Gasteiger partial charge in [-0.3, -0.25) is 0 Å². The summed E-state index contributed by atoms with van der Waals surface area (Å²) in [5.74, 6) is -0.207. The molecule has 2 fully saturated rings. The Morgan fingerprint density at radius 3 is 2.82 bits per heavy atom. The third kappa shape index (κ3) is 3.51. The zero-order valence-electron chi connectivity index (χ0n) is 12.4. The number of nitrogens with two attached hydrogens (primary N) is 1. The van der Waals surface area contributed by atoms with Crippen molar-refractivity contribution in [2.24, 2.45) is 10.7 Å². The van der Waals surface area contributed by atoms with Crippen LogP contribution in [0.5, 0.6) is 0 Å². The zero-order valence-corrected chi connectivity index (χ0v) is 14.8. The Hall–Kier alpha value is -0.530. The second-order valence-electron chi connectivity index (χ2n) is 5.48. The van der Waals surface area contributed by atoms with E-state index in [2.05, 4.69) is 10.3 Å². The van der Waals surface area contributed by atoms with Crippen molar-refractivity contribution >= 4 is 47.0 Å². The molecule has 1 aliphatic carbocycles. The minimum atomic E-state index is -0.571. The molecule has 1 unspecified atom stereocenters. The highest BCUT2D eigenvalue weighted by atomic mass is 35.5. The Labute approximate surface area is 145 Å². The van der Waals surface area contributed by atoms with Gasteiger partial charge in [0.1, 0.15) is 10.4 Å². The van der Waals surface area contributed by atoms with Crippen molar-refractivity contribution in [2.75, 3.05) is 18.5 Å². The van der Waals surface area contributed by atoms with Crippen LogP contribution in [0.2, 0.25) is 4.34 Å². The number of hydrogen-bond acceptors (Lipinski definition) is 4. The zero-order chi connectivity index (χ0) is 14.9. The molecule has 1 aliphatic heterocycles. The lowest BCUT2D eigenvalue weighted by Gasteiger charge is -2.37. The van der Waals surface area contributed by atoms with Crippen molar-refractivity contribution < 1.29 is 9.47 Å². The van der Waals surface area contributed by atoms with Gasteiger partial charge in [0.05, 0.1) is 18.9 Å². The van der Waals surface area contributed by atoms with Crippen LogP contribution in [-0.2, 0) is 9.47 Å². The maximum Gasteiger partial charge on any atom is 0.193 e. The van der Waals surface area contributed by atoms with E-state index in [0.717, 1.165) is 36.9 Å². The van der Waals surface area contributed by atoms with Crippen LogP contribution in [0, 0.1) is 6.92 Å². The molecule has 1 saturated carbocycles. The lowest BCUT2D eigenvalue weighted by Crippen LogP contribution is -2.46. The van der Waals surface area contributed by atoms with Crippen LogP contribution in [0.25, 0.3) is 0 Å². The SMILES string of the molecule is Cc1csc(Cl)c1NC(N)=NC1CCCCC12OCCO2.Cl. The second-order valence-corrected chi connectivity index (χ2v) is 6.96. The Bertz CT molecular complexity index is 525. The third-order valence-electron chi connectivity index (χ3n) is 4.01. The Morgan fingerprint density at radius 1 is 1.45 bits per heavy atom. The van der Waals surface area contributed by atoms with Crippen molar-refractivity contribution in [1.29, 1.82) is 0 Å². The smallest absolute Gasteiger partial charge is 0.193 e. The van der Waals surface area contributed by atoms with E-state index in [4.69, 9.17) is 26.8 Å². The molecule has 1 aromatic rings. The summed E-state index contributed by atoms with van der Waals surface area (Å²) in [7, 11) is 0. The number of guanidine groups is 1. The van der Waals surface area contributed by atoms with Crippen molar-refractivity contribution in [3.8, 4) is 0 Å². The predicted molar refractivity (Wildman–Crippen MR) is 93.5 cm³/mol. The number of aliphatic imine (C=N–C) groups is 1. The number of halogens is 2. The minimum absolute atomic E-state index is 0. The van der Waals surface area contributed by atoms with Crippen molar-refractivity contribution in [3.05, 3.63) is 15.3 Å². The summed E-state index contributed by atoms with van der Waals surface area (Å²) < 4.78 is 12.4. The van der Waals surface area contributed by atoms with Gasteiger partial charge in [-0.05, 0) is 30.7 Å². The maximum absolute atomic E-state index is 6.15. The summed E-state index contributed by atoms with van der Waals surface area (Å²) in [5, 5.41) is 5.10. The average Bonchev–Trinajstić information content (AvgIpc) is 3.04. The van der Waals surface area contributed by atoms with Crippen molar-refractivity contribution in [1.82, 2.24) is 0 Å². The van der Waals surface area contributed by atoms with Gasteiger partial charge < -0.3 is 20.5 Å². The van der Waals surface area contributed by atoms with E-state index in [9.17, 15) is 0 Å². The first-order chi connectivity index (χ1) is 10.1. The van der Waals surface area contributed by atoms with Gasteiger partial charge >= 0.3 is 0 Å². The predicted octanol–water partition coefficient (Wildman–Crippen LogP) is 3.54. The Morgan fingerprint density at radius 2 is 2.18 bits per heavy atom. The number of thiophene rings is 1. The molecule has 3 rings (SSSR count). The van der Waals surface area contributed by atoms with E-state index in [1.165, 1.54) is 11.3 Å². The molecule has 124 valence electrons. The summed E-state index contributed by atoms with van der Waals surface area (Å²) in [6, 6.07) is -0.0565. The highest BCUT2D eigenvalue weighted by Crippen LogP contribution is 2.38. The summed E-state index contributed by atoms with van der Waals surface area (Å²) in [5.41, 5.74) is 7.96. The van der Waals surface area contributed by atoms with Crippen molar-refractivity contribution in [3.63, 3.8) is 0 Å². The maximum atomic E-state index is 6.15. The standard InChI is InChI=1S/C14H20ClN3O2S.ClH/c1-9-8-21-12(15)11(9)18-13(16)17-10-4-2-3-5-14(10)19-6-7-20-14;/h8,10H,2-7H2,1H3,(H3,16,17,18);1H. The number of rotatable bonds is 2. The molecular formula is C14H21Cl2N3O2S. The molecular weight excluding hydrogens is 345 g/mol. The normalized spacial score (nSPS) is 24.3. The van der Waals surface area contributed by atoms with Crippen LogP contribution >= 0.6 is 35.3 Å². The lowest BCUT2D eigenvalue weighted by atomic mass is 9.89. The van der Waals surface area contributed by atoms with Crippen LogP contribution in [0.1, 0.15) is 31.2 Å². The van der Waals surface area contributed by atoms with Crippen LogP contribution in [0.3, 0.4) is 0 Å². The molecule has 1 atom stereocenters. The van der Waals surface area contributed by atoms with Crippen molar-refractivity contribution in [2.45, 2.75) is 44.4 Å². The van der Waals surface area contributed by atoms with Gasteiger partial charge in [0.15, 0.2) is 11.7 Å². The molecule has 0 radical (unpaired) electrons. The molecule has 2 heterocycles. The first kappa shape index (κ1) is 17.8. The van der Waals surface area contributed by atoms with E-state index in [1.54, 1.807) is 0 Å². The van der Waals surface area contributed by atoms with E-state index >= 15 is 0 Å². The monoisotopic (exact) mass is 365 g/mol. The number of nitrogens with zero attached hydrogens (tertiary/aromatic N) is 1. The number of anilines is 1. The largest absolute Gasteiger partial charge is 0.370 e. The Balaban J connectivity index is 0.00000176. The quantitative estimate of drug-likeness (QED) is 0.621. The fourth-order valence-corrected chi connectivity index (χ4v) is 4.01. The van der Waals surface area contributed by atoms with Gasteiger partial charge in [0, 0.05) is 6.42 Å². The first-order valence-corrected chi connectivity index (χ1v) is 8.48. The van der Waals surface area contributed by atoms with Crippen LogP contribution in [-0.4, -0.2) is 31.0 Å². The third-order valence-corrected chi connectivity index (χ3v) is 5.35. The molecule has 5 nitrogen and oxygen atoms in total. The molecule has 8 heteroatoms. The first-order valence-electron chi connectivity index (χ1n) is 7.22. The summed E-state index contributed by atoms with van der Waals surface area (Å²) >= 11 is 7.63. The summed E-state index contributed by atoms with van der Waals surface area (Å²) in [6.07, 6.45) is 4.04. The number of aryl methyl sites for hydroxylation is 1. The van der Waals surface area contributed by atoms with E-state index in [-0.39, 0.29) is 18.4 Å². The highest BCUT2D eigenvalue weighted by Gasteiger charge is 2.46. The molecule has 2 aliphatic rings. The highest BCUT2D eigenvalue weighted by molar-refractivity contribution is 7.15. The fraction of sp³-hybridized carbons (Fsp3) is 0.643. The van der Waals surface area contributed by atoms with E-state index < -0.39 is 5.79 Å². The molecule has 0 amide bonds. The van der Waals surface area contributed by atoms with Gasteiger partial charge in [0.25, 0.3) is 0 Å². The molecule has 1 aromatic heterocycles. The summed E-state index contributed by atoms with van der Waals surface area (Å²) in [4.78, 5) is 4.61. The molecule has 0 aromatic carbocycles. The van der Waals surface area contributed by atoms with Crippen LogP contribution < -0.4 is 11.1 Å². The molecule has 22 heavy (non-hydrogen) atoms. The van der Waals surface area contributed by atoms with Gasteiger partial charge in [-0.2, -0.15) is 0 Å². The second kappa shape index (κ2) is 7.36. The number of ether oxygens (including phenoxy) is 2. The van der Waals surface area contributed by atoms with Gasteiger partial charge in [0.2, 0.25) is 0 Å². The molecule has 3 N–H and O–H groups in total. The van der Waals surface area contributed by atoms with Gasteiger partial charge in [-0.1, -0.05) is 18.0 Å². The summed E-state index contributed by atoms with van der Waals surface area (Å²) in [6.45, 7) is 3.26. The van der Waals surface area contributed by atoms with E-state index in [0.29, 0.717) is 23.5 Å². The molecule has 1 saturated heterocycles. The topological polar surface area (TPSA) is 68.9 Å². The van der Waals surface area contributed by atoms with Gasteiger partial charge in [-0.25, -0.2) is 4.99 Å². The Kier molecular flexibility index (Phi) is 5.96. The van der Waals surface area contributed by atoms with Crippen LogP contribution in [0.4, 0.5) is 5.69 Å². The van der Waals surface area contributed by atoms with Gasteiger partial charge in [-0.15, -0.1) is 23.7 Å².